The highest BCUT2D eigenvalue weighted by Crippen LogP contribution is 2.20. The van der Waals surface area contributed by atoms with Crippen LogP contribution in [0.2, 0.25) is 10.0 Å². The number of ether oxygens (including phenoxy) is 1. The van der Waals surface area contributed by atoms with Crippen LogP contribution in [0.1, 0.15) is 15.9 Å². The summed E-state index contributed by atoms with van der Waals surface area (Å²) in [5, 5.41) is 5.96. The second-order valence-corrected chi connectivity index (χ2v) is 6.10. The lowest BCUT2D eigenvalue weighted by Crippen LogP contribution is -2.37. The van der Waals surface area contributed by atoms with Crippen LogP contribution in [-0.2, 0) is 11.2 Å². The number of methoxy groups -OCH3 is 1. The summed E-state index contributed by atoms with van der Waals surface area (Å²) >= 11 is 11.7. The largest absolute Gasteiger partial charge is 0.497 e. The third kappa shape index (κ3) is 5.96. The minimum absolute atomic E-state index is 0.125. The van der Waals surface area contributed by atoms with E-state index >= 15 is 0 Å². The molecular formula is C18H18Cl2N2O3. The van der Waals surface area contributed by atoms with Crippen molar-refractivity contribution in [3.63, 3.8) is 0 Å². The third-order valence-corrected chi connectivity index (χ3v) is 4.03. The zero-order valence-electron chi connectivity index (χ0n) is 13.6. The topological polar surface area (TPSA) is 67.4 Å². The Balaban J connectivity index is 1.73. The molecule has 0 heterocycles. The van der Waals surface area contributed by atoms with Gasteiger partial charge < -0.3 is 15.4 Å². The SMILES string of the molecule is COc1ccc(CCNC(=O)CNC(=O)c2ccc(Cl)cc2Cl)cc1. The normalized spacial score (nSPS) is 10.2. The molecular weight excluding hydrogens is 363 g/mol. The molecule has 0 saturated carbocycles. The van der Waals surface area contributed by atoms with Gasteiger partial charge in [0.15, 0.2) is 0 Å². The number of carbonyl (C=O) groups excluding carboxylic acids is 2. The van der Waals surface area contributed by atoms with Crippen LogP contribution >= 0.6 is 23.2 Å². The van der Waals surface area contributed by atoms with Gasteiger partial charge >= 0.3 is 0 Å². The van der Waals surface area contributed by atoms with Crippen molar-refractivity contribution in [1.29, 1.82) is 0 Å². The molecule has 5 nitrogen and oxygen atoms in total. The monoisotopic (exact) mass is 380 g/mol. The minimum atomic E-state index is -0.424. The van der Waals surface area contributed by atoms with E-state index in [9.17, 15) is 9.59 Å². The zero-order valence-corrected chi connectivity index (χ0v) is 15.2. The van der Waals surface area contributed by atoms with Crippen LogP contribution in [0.15, 0.2) is 42.5 Å². The first kappa shape index (κ1) is 19.1. The van der Waals surface area contributed by atoms with E-state index in [4.69, 9.17) is 27.9 Å². The zero-order chi connectivity index (χ0) is 18.2. The maximum Gasteiger partial charge on any atom is 0.253 e. The number of amides is 2. The molecule has 7 heteroatoms. The van der Waals surface area contributed by atoms with E-state index < -0.39 is 5.91 Å². The van der Waals surface area contributed by atoms with Crippen LogP contribution in [-0.4, -0.2) is 32.0 Å². The molecule has 0 aromatic heterocycles. The molecule has 2 aromatic rings. The Bertz CT molecular complexity index is 748. The Morgan fingerprint density at radius 2 is 1.76 bits per heavy atom. The summed E-state index contributed by atoms with van der Waals surface area (Å²) in [6, 6.07) is 12.2. The number of benzene rings is 2. The van der Waals surface area contributed by atoms with E-state index in [-0.39, 0.29) is 23.0 Å². The van der Waals surface area contributed by atoms with Crippen molar-refractivity contribution in [2.24, 2.45) is 0 Å². The van der Waals surface area contributed by atoms with Crippen molar-refractivity contribution in [2.75, 3.05) is 20.2 Å². The summed E-state index contributed by atoms with van der Waals surface area (Å²) in [4.78, 5) is 23.8. The second-order valence-electron chi connectivity index (χ2n) is 5.25. The second kappa shape index (κ2) is 9.30. The molecule has 0 bridgehead atoms. The molecule has 0 aliphatic carbocycles. The van der Waals surface area contributed by atoms with E-state index in [0.717, 1.165) is 11.3 Å². The summed E-state index contributed by atoms with van der Waals surface area (Å²) < 4.78 is 5.09. The lowest BCUT2D eigenvalue weighted by molar-refractivity contribution is -0.120. The standard InChI is InChI=1S/C18H18Cl2N2O3/c1-25-14-5-2-12(3-6-14)8-9-21-17(23)11-22-18(24)15-7-4-13(19)10-16(15)20/h2-7,10H,8-9,11H2,1H3,(H,21,23)(H,22,24). The number of carbonyl (C=O) groups is 2. The molecule has 25 heavy (non-hydrogen) atoms. The van der Waals surface area contributed by atoms with Gasteiger partial charge in [-0.1, -0.05) is 35.3 Å². The van der Waals surface area contributed by atoms with Gasteiger partial charge in [0, 0.05) is 11.6 Å². The Morgan fingerprint density at radius 3 is 2.40 bits per heavy atom. The van der Waals surface area contributed by atoms with Gasteiger partial charge in [0.2, 0.25) is 5.91 Å². The molecule has 2 N–H and O–H groups in total. The summed E-state index contributed by atoms with van der Waals surface area (Å²) in [6.07, 6.45) is 0.687. The summed E-state index contributed by atoms with van der Waals surface area (Å²) in [6.45, 7) is 0.350. The fraction of sp³-hybridized carbons (Fsp3) is 0.222. The molecule has 0 unspecified atom stereocenters. The van der Waals surface area contributed by atoms with Gasteiger partial charge in [0.25, 0.3) is 5.91 Å². The average Bonchev–Trinajstić information content (AvgIpc) is 2.60. The fourth-order valence-corrected chi connectivity index (χ4v) is 2.62. The van der Waals surface area contributed by atoms with Crippen molar-refractivity contribution >= 4 is 35.0 Å². The van der Waals surface area contributed by atoms with Crippen LogP contribution in [0.3, 0.4) is 0 Å². The predicted octanol–water partition coefficient (Wildman–Crippen LogP) is 3.09. The first-order valence-electron chi connectivity index (χ1n) is 7.62. The number of rotatable bonds is 7. The van der Waals surface area contributed by atoms with Gasteiger partial charge in [0.1, 0.15) is 5.75 Å². The number of halogens is 2. The minimum Gasteiger partial charge on any atom is -0.497 e. The van der Waals surface area contributed by atoms with E-state index in [2.05, 4.69) is 10.6 Å². The van der Waals surface area contributed by atoms with E-state index in [1.54, 1.807) is 13.2 Å². The Labute approximate surface area is 156 Å². The first-order valence-corrected chi connectivity index (χ1v) is 8.38. The molecule has 0 saturated heterocycles. The smallest absolute Gasteiger partial charge is 0.253 e. The van der Waals surface area contributed by atoms with Crippen molar-refractivity contribution in [2.45, 2.75) is 6.42 Å². The van der Waals surface area contributed by atoms with Gasteiger partial charge in [-0.15, -0.1) is 0 Å². The fourth-order valence-electron chi connectivity index (χ4n) is 2.13. The van der Waals surface area contributed by atoms with Crippen LogP contribution in [0.5, 0.6) is 5.75 Å². The van der Waals surface area contributed by atoms with Crippen molar-refractivity contribution < 1.29 is 14.3 Å². The molecule has 0 radical (unpaired) electrons. The van der Waals surface area contributed by atoms with Gasteiger partial charge in [-0.25, -0.2) is 0 Å². The highest BCUT2D eigenvalue weighted by Gasteiger charge is 2.11. The van der Waals surface area contributed by atoms with Crippen LogP contribution < -0.4 is 15.4 Å². The first-order chi connectivity index (χ1) is 12.0. The molecule has 0 aliphatic rings. The molecule has 2 rings (SSSR count). The van der Waals surface area contributed by atoms with E-state index in [0.29, 0.717) is 18.0 Å². The summed E-state index contributed by atoms with van der Waals surface area (Å²) in [7, 11) is 1.61. The number of hydrogen-bond acceptors (Lipinski definition) is 3. The lowest BCUT2D eigenvalue weighted by Gasteiger charge is -2.08. The highest BCUT2D eigenvalue weighted by atomic mass is 35.5. The van der Waals surface area contributed by atoms with Crippen LogP contribution in [0.25, 0.3) is 0 Å². The third-order valence-electron chi connectivity index (χ3n) is 3.48. The quantitative estimate of drug-likeness (QED) is 0.775. The summed E-state index contributed by atoms with van der Waals surface area (Å²) in [5.41, 5.74) is 1.36. The lowest BCUT2D eigenvalue weighted by atomic mass is 10.1. The Morgan fingerprint density at radius 1 is 1.04 bits per heavy atom. The van der Waals surface area contributed by atoms with E-state index in [1.165, 1.54) is 12.1 Å². The van der Waals surface area contributed by atoms with Crippen molar-refractivity contribution in [3.05, 3.63) is 63.6 Å². The van der Waals surface area contributed by atoms with Gasteiger partial charge in [-0.2, -0.15) is 0 Å². The number of nitrogens with one attached hydrogen (secondary N) is 2. The Hall–Kier alpha value is -2.24. The molecule has 0 fully saturated rings. The average molecular weight is 381 g/mol. The van der Waals surface area contributed by atoms with Gasteiger partial charge in [-0.3, -0.25) is 9.59 Å². The molecule has 132 valence electrons. The van der Waals surface area contributed by atoms with Gasteiger partial charge in [0.05, 0.1) is 24.2 Å². The van der Waals surface area contributed by atoms with Crippen LogP contribution in [0, 0.1) is 0 Å². The maximum absolute atomic E-state index is 12.0. The predicted molar refractivity (Wildman–Crippen MR) is 98.5 cm³/mol. The van der Waals surface area contributed by atoms with Crippen molar-refractivity contribution in [1.82, 2.24) is 10.6 Å². The van der Waals surface area contributed by atoms with Crippen LogP contribution in [0.4, 0.5) is 0 Å². The van der Waals surface area contributed by atoms with E-state index in [1.807, 2.05) is 24.3 Å². The molecule has 0 aliphatic heterocycles. The number of hydrogen-bond donors (Lipinski definition) is 2. The maximum atomic E-state index is 12.0. The van der Waals surface area contributed by atoms with Crippen molar-refractivity contribution in [3.8, 4) is 5.75 Å². The van der Waals surface area contributed by atoms with Gasteiger partial charge in [-0.05, 0) is 42.3 Å². The molecule has 2 amide bonds. The molecule has 0 spiro atoms. The molecule has 0 atom stereocenters. The highest BCUT2D eigenvalue weighted by molar-refractivity contribution is 6.36. The molecule has 2 aromatic carbocycles. The Kier molecular flexibility index (Phi) is 7.10. The summed E-state index contributed by atoms with van der Waals surface area (Å²) in [5.74, 6) is 0.0928.